The molecule has 2 aromatic carbocycles. The SMILES string of the molecule is Nc1ccc(Cl)c(S(=O)(=O)Nc2ccc(F)c(F)c2)c1. The number of nitrogens with one attached hydrogen (secondary N) is 1. The Morgan fingerprint density at radius 1 is 1.05 bits per heavy atom. The molecule has 0 fully saturated rings. The number of hydrogen-bond acceptors (Lipinski definition) is 3. The predicted octanol–water partition coefficient (Wildman–Crippen LogP) is 3.00. The second-order valence-corrected chi connectivity index (χ2v) is 5.98. The molecule has 2 rings (SSSR count). The van der Waals surface area contributed by atoms with E-state index in [9.17, 15) is 17.2 Å². The minimum absolute atomic E-state index is 0.0331. The van der Waals surface area contributed by atoms with E-state index < -0.39 is 21.7 Å². The number of nitrogen functional groups attached to an aromatic ring is 1. The molecule has 8 heteroatoms. The fourth-order valence-electron chi connectivity index (χ4n) is 1.50. The number of halogens is 3. The molecule has 4 nitrogen and oxygen atoms in total. The number of benzene rings is 2. The third kappa shape index (κ3) is 3.00. The maximum absolute atomic E-state index is 13.0. The van der Waals surface area contributed by atoms with Crippen LogP contribution in [0.1, 0.15) is 0 Å². The Hall–Kier alpha value is -1.86. The van der Waals surface area contributed by atoms with Crippen LogP contribution >= 0.6 is 11.6 Å². The first-order valence-electron chi connectivity index (χ1n) is 5.32. The van der Waals surface area contributed by atoms with Gasteiger partial charge in [-0.15, -0.1) is 0 Å². The molecule has 0 heterocycles. The number of hydrogen-bond donors (Lipinski definition) is 2. The molecule has 0 unspecified atom stereocenters. The first-order chi connectivity index (χ1) is 9.29. The summed E-state index contributed by atoms with van der Waals surface area (Å²) in [6.07, 6.45) is 0. The standard InChI is InChI=1S/C12H9ClF2N2O2S/c13-9-3-1-7(16)5-12(9)20(18,19)17-8-2-4-10(14)11(15)6-8/h1-6,17H,16H2. The zero-order valence-electron chi connectivity index (χ0n) is 9.90. The summed E-state index contributed by atoms with van der Waals surface area (Å²) in [6, 6.07) is 6.58. The Labute approximate surface area is 119 Å². The summed E-state index contributed by atoms with van der Waals surface area (Å²) in [4.78, 5) is -0.246. The normalized spacial score (nSPS) is 11.3. The van der Waals surface area contributed by atoms with E-state index >= 15 is 0 Å². The number of nitrogens with two attached hydrogens (primary N) is 1. The molecule has 0 aliphatic carbocycles. The molecular formula is C12H9ClF2N2O2S. The molecular weight excluding hydrogens is 310 g/mol. The van der Waals surface area contributed by atoms with Gasteiger partial charge < -0.3 is 5.73 Å². The van der Waals surface area contributed by atoms with Gasteiger partial charge in [-0.3, -0.25) is 4.72 Å². The van der Waals surface area contributed by atoms with E-state index in [0.717, 1.165) is 18.2 Å². The van der Waals surface area contributed by atoms with Gasteiger partial charge in [0.1, 0.15) is 4.90 Å². The van der Waals surface area contributed by atoms with Gasteiger partial charge in [0.05, 0.1) is 10.7 Å². The lowest BCUT2D eigenvalue weighted by atomic mass is 10.3. The van der Waals surface area contributed by atoms with E-state index in [4.69, 9.17) is 17.3 Å². The molecule has 0 aliphatic rings. The molecule has 20 heavy (non-hydrogen) atoms. The lowest BCUT2D eigenvalue weighted by molar-refractivity contribution is 0.509. The highest BCUT2D eigenvalue weighted by atomic mass is 35.5. The van der Waals surface area contributed by atoms with Crippen molar-refractivity contribution in [2.75, 3.05) is 10.5 Å². The van der Waals surface area contributed by atoms with Gasteiger partial charge in [0.15, 0.2) is 11.6 Å². The summed E-state index contributed by atoms with van der Waals surface area (Å²) in [5.41, 5.74) is 5.59. The van der Waals surface area contributed by atoms with E-state index in [1.165, 1.54) is 18.2 Å². The monoisotopic (exact) mass is 318 g/mol. The van der Waals surface area contributed by atoms with E-state index in [1.54, 1.807) is 0 Å². The highest BCUT2D eigenvalue weighted by molar-refractivity contribution is 7.92. The molecule has 0 spiro atoms. The smallest absolute Gasteiger partial charge is 0.263 e. The molecule has 3 N–H and O–H groups in total. The van der Waals surface area contributed by atoms with E-state index in [0.29, 0.717) is 0 Å². The molecule has 0 atom stereocenters. The Bertz CT molecular complexity index is 766. The Morgan fingerprint density at radius 2 is 1.75 bits per heavy atom. The van der Waals surface area contributed by atoms with Crippen molar-refractivity contribution in [3.8, 4) is 0 Å². The molecule has 0 amide bonds. The Kier molecular flexibility index (Phi) is 3.82. The average molecular weight is 319 g/mol. The fourth-order valence-corrected chi connectivity index (χ4v) is 3.08. The van der Waals surface area contributed by atoms with Crippen LogP contribution in [0, 0.1) is 11.6 Å². The van der Waals surface area contributed by atoms with Gasteiger partial charge in [-0.1, -0.05) is 11.6 Å². The van der Waals surface area contributed by atoms with Crippen LogP contribution < -0.4 is 10.5 Å². The third-order valence-electron chi connectivity index (χ3n) is 2.42. The molecule has 2 aromatic rings. The molecule has 106 valence electrons. The van der Waals surface area contributed by atoms with Crippen molar-refractivity contribution < 1.29 is 17.2 Å². The number of anilines is 2. The highest BCUT2D eigenvalue weighted by Crippen LogP contribution is 2.26. The molecule has 0 radical (unpaired) electrons. The Morgan fingerprint density at radius 3 is 2.40 bits per heavy atom. The molecule has 0 saturated heterocycles. The van der Waals surface area contributed by atoms with Crippen LogP contribution in [-0.4, -0.2) is 8.42 Å². The van der Waals surface area contributed by atoms with Gasteiger partial charge in [-0.05, 0) is 30.3 Å². The zero-order chi connectivity index (χ0) is 14.9. The van der Waals surface area contributed by atoms with Gasteiger partial charge >= 0.3 is 0 Å². The van der Waals surface area contributed by atoms with Crippen LogP contribution in [0.25, 0.3) is 0 Å². The number of sulfonamides is 1. The third-order valence-corrected chi connectivity index (χ3v) is 4.28. The van der Waals surface area contributed by atoms with E-state index in [2.05, 4.69) is 4.72 Å². The summed E-state index contributed by atoms with van der Waals surface area (Å²) >= 11 is 5.79. The van der Waals surface area contributed by atoms with Crippen LogP contribution in [-0.2, 0) is 10.0 Å². The lowest BCUT2D eigenvalue weighted by Crippen LogP contribution is -2.14. The molecule has 0 aliphatic heterocycles. The molecule has 0 saturated carbocycles. The van der Waals surface area contributed by atoms with Crippen molar-refractivity contribution in [2.24, 2.45) is 0 Å². The molecule has 0 bridgehead atoms. The average Bonchev–Trinajstić information content (AvgIpc) is 2.36. The topological polar surface area (TPSA) is 72.2 Å². The molecule has 0 aromatic heterocycles. The van der Waals surface area contributed by atoms with Crippen molar-refractivity contribution in [3.05, 3.63) is 53.1 Å². The largest absolute Gasteiger partial charge is 0.399 e. The first kappa shape index (κ1) is 14.5. The maximum Gasteiger partial charge on any atom is 0.263 e. The Balaban J connectivity index is 2.40. The number of rotatable bonds is 3. The fraction of sp³-hybridized carbons (Fsp3) is 0. The van der Waals surface area contributed by atoms with Crippen molar-refractivity contribution in [1.82, 2.24) is 0 Å². The van der Waals surface area contributed by atoms with Crippen molar-refractivity contribution in [1.29, 1.82) is 0 Å². The first-order valence-corrected chi connectivity index (χ1v) is 7.18. The highest BCUT2D eigenvalue weighted by Gasteiger charge is 2.19. The van der Waals surface area contributed by atoms with Crippen LogP contribution in [0.15, 0.2) is 41.3 Å². The second kappa shape index (κ2) is 5.26. The zero-order valence-corrected chi connectivity index (χ0v) is 11.5. The second-order valence-electron chi connectivity index (χ2n) is 3.92. The van der Waals surface area contributed by atoms with Gasteiger partial charge in [-0.25, -0.2) is 17.2 Å². The summed E-state index contributed by atoms with van der Waals surface area (Å²) in [5.74, 6) is -2.24. The van der Waals surface area contributed by atoms with Gasteiger partial charge in [-0.2, -0.15) is 0 Å². The van der Waals surface area contributed by atoms with Gasteiger partial charge in [0.2, 0.25) is 0 Å². The summed E-state index contributed by atoms with van der Waals surface area (Å²) in [6.45, 7) is 0. The van der Waals surface area contributed by atoms with Crippen molar-refractivity contribution >= 4 is 33.0 Å². The van der Waals surface area contributed by atoms with Crippen molar-refractivity contribution in [2.45, 2.75) is 4.90 Å². The maximum atomic E-state index is 13.0. The lowest BCUT2D eigenvalue weighted by Gasteiger charge is -2.10. The van der Waals surface area contributed by atoms with Crippen LogP contribution in [0.2, 0.25) is 5.02 Å². The minimum Gasteiger partial charge on any atom is -0.399 e. The predicted molar refractivity (Wildman–Crippen MR) is 73.0 cm³/mol. The van der Waals surface area contributed by atoms with Gasteiger partial charge in [0.25, 0.3) is 10.0 Å². The van der Waals surface area contributed by atoms with Crippen LogP contribution in [0.4, 0.5) is 20.2 Å². The van der Waals surface area contributed by atoms with Crippen LogP contribution in [0.3, 0.4) is 0 Å². The van der Waals surface area contributed by atoms with E-state index in [-0.39, 0.29) is 21.3 Å². The quantitative estimate of drug-likeness (QED) is 0.854. The van der Waals surface area contributed by atoms with E-state index in [1.807, 2.05) is 0 Å². The summed E-state index contributed by atoms with van der Waals surface area (Å²) in [5, 5.41) is -0.0331. The summed E-state index contributed by atoms with van der Waals surface area (Å²) in [7, 11) is -4.05. The van der Waals surface area contributed by atoms with Crippen LogP contribution in [0.5, 0.6) is 0 Å². The minimum atomic E-state index is -4.05. The van der Waals surface area contributed by atoms with Crippen molar-refractivity contribution in [3.63, 3.8) is 0 Å². The summed E-state index contributed by atoms with van der Waals surface area (Å²) < 4.78 is 52.1. The van der Waals surface area contributed by atoms with Gasteiger partial charge in [0, 0.05) is 11.8 Å².